The topological polar surface area (TPSA) is 33.2 Å². The van der Waals surface area contributed by atoms with Gasteiger partial charge in [0.05, 0.1) is 0 Å². The second kappa shape index (κ2) is 5.34. The Hall–Kier alpha value is -1.03. The average Bonchev–Trinajstić information content (AvgIpc) is 2.57. The molecule has 0 atom stereocenters. The number of hydrogen-bond donors (Lipinski definition) is 0. The van der Waals surface area contributed by atoms with Gasteiger partial charge < -0.3 is 4.90 Å². The molecule has 0 aliphatic carbocycles. The molecule has 1 aromatic heterocycles. The fourth-order valence-electron chi connectivity index (χ4n) is 1.79. The molecule has 1 aliphatic heterocycles. The predicted octanol–water partition coefficient (Wildman–Crippen LogP) is 2.23. The first-order chi connectivity index (χ1) is 7.77. The van der Waals surface area contributed by atoms with E-state index in [-0.39, 0.29) is 5.78 Å². The van der Waals surface area contributed by atoms with Gasteiger partial charge in [-0.25, -0.2) is 4.98 Å². The standard InChI is InChI=1S/C12H16N2OS/c1-10(15)11-3-4-13-12(9-11)14-5-2-7-16-8-6-14/h3-4,9H,2,5-8H2,1H3. The molecule has 1 saturated heterocycles. The lowest BCUT2D eigenvalue weighted by atomic mass is 10.2. The smallest absolute Gasteiger partial charge is 0.159 e. The number of carbonyl (C=O) groups is 1. The SMILES string of the molecule is CC(=O)c1ccnc(N2CCCSCC2)c1. The zero-order chi connectivity index (χ0) is 11.4. The minimum atomic E-state index is 0.104. The van der Waals surface area contributed by atoms with E-state index < -0.39 is 0 Å². The summed E-state index contributed by atoms with van der Waals surface area (Å²) in [5.74, 6) is 3.41. The number of nitrogens with zero attached hydrogens (tertiary/aromatic N) is 2. The second-order valence-electron chi connectivity index (χ2n) is 3.91. The summed E-state index contributed by atoms with van der Waals surface area (Å²) in [5.41, 5.74) is 0.752. The van der Waals surface area contributed by atoms with Crippen molar-refractivity contribution in [3.8, 4) is 0 Å². The molecule has 2 rings (SSSR count). The first kappa shape index (κ1) is 11.5. The lowest BCUT2D eigenvalue weighted by Gasteiger charge is -2.21. The van der Waals surface area contributed by atoms with Crippen molar-refractivity contribution in [2.45, 2.75) is 13.3 Å². The Labute approximate surface area is 100 Å². The number of ketones is 1. The maximum atomic E-state index is 11.3. The molecule has 0 saturated carbocycles. The van der Waals surface area contributed by atoms with Crippen molar-refractivity contribution < 1.29 is 4.79 Å². The molecule has 1 aliphatic rings. The number of aromatic nitrogens is 1. The van der Waals surface area contributed by atoms with Crippen LogP contribution in [0, 0.1) is 0 Å². The molecular formula is C12H16N2OS. The van der Waals surface area contributed by atoms with Crippen molar-refractivity contribution in [3.05, 3.63) is 23.9 Å². The quantitative estimate of drug-likeness (QED) is 0.737. The molecule has 16 heavy (non-hydrogen) atoms. The molecule has 0 spiro atoms. The van der Waals surface area contributed by atoms with Crippen molar-refractivity contribution in [1.29, 1.82) is 0 Å². The number of pyridine rings is 1. The zero-order valence-corrected chi connectivity index (χ0v) is 10.3. The summed E-state index contributed by atoms with van der Waals surface area (Å²) in [6.07, 6.45) is 2.92. The number of rotatable bonds is 2. The predicted molar refractivity (Wildman–Crippen MR) is 68.4 cm³/mol. The summed E-state index contributed by atoms with van der Waals surface area (Å²) in [6, 6.07) is 3.68. The zero-order valence-electron chi connectivity index (χ0n) is 9.48. The third kappa shape index (κ3) is 2.76. The summed E-state index contributed by atoms with van der Waals surface area (Å²) in [7, 11) is 0. The Balaban J connectivity index is 2.18. The molecular weight excluding hydrogens is 220 g/mol. The summed E-state index contributed by atoms with van der Waals surface area (Å²) in [4.78, 5) is 17.9. The van der Waals surface area contributed by atoms with Crippen LogP contribution in [0.5, 0.6) is 0 Å². The Kier molecular flexibility index (Phi) is 3.83. The van der Waals surface area contributed by atoms with Gasteiger partial charge in [-0.3, -0.25) is 4.79 Å². The summed E-state index contributed by atoms with van der Waals surface area (Å²) in [6.45, 7) is 3.66. The van der Waals surface area contributed by atoms with Crippen molar-refractivity contribution in [2.24, 2.45) is 0 Å². The van der Waals surface area contributed by atoms with E-state index in [9.17, 15) is 4.79 Å². The van der Waals surface area contributed by atoms with Crippen molar-refractivity contribution in [2.75, 3.05) is 29.5 Å². The first-order valence-corrected chi connectivity index (χ1v) is 6.72. The molecule has 0 amide bonds. The van der Waals surface area contributed by atoms with E-state index >= 15 is 0 Å². The minimum absolute atomic E-state index is 0.104. The van der Waals surface area contributed by atoms with Crippen LogP contribution >= 0.6 is 11.8 Å². The van der Waals surface area contributed by atoms with E-state index in [0.717, 1.165) is 30.2 Å². The largest absolute Gasteiger partial charge is 0.356 e. The third-order valence-electron chi connectivity index (χ3n) is 2.70. The Morgan fingerprint density at radius 1 is 1.44 bits per heavy atom. The molecule has 4 heteroatoms. The highest BCUT2D eigenvalue weighted by Crippen LogP contribution is 2.18. The molecule has 1 fully saturated rings. The van der Waals surface area contributed by atoms with Crippen LogP contribution in [-0.2, 0) is 0 Å². The lowest BCUT2D eigenvalue weighted by Crippen LogP contribution is -2.26. The van der Waals surface area contributed by atoms with Gasteiger partial charge in [-0.1, -0.05) is 0 Å². The van der Waals surface area contributed by atoms with E-state index in [0.29, 0.717) is 0 Å². The van der Waals surface area contributed by atoms with Gasteiger partial charge in [0.25, 0.3) is 0 Å². The van der Waals surface area contributed by atoms with Crippen molar-refractivity contribution in [1.82, 2.24) is 4.98 Å². The van der Waals surface area contributed by atoms with E-state index in [1.807, 2.05) is 17.8 Å². The van der Waals surface area contributed by atoms with Crippen LogP contribution in [-0.4, -0.2) is 35.4 Å². The number of thioether (sulfide) groups is 1. The van der Waals surface area contributed by atoms with Gasteiger partial charge in [-0.2, -0.15) is 11.8 Å². The highest BCUT2D eigenvalue weighted by atomic mass is 32.2. The van der Waals surface area contributed by atoms with Crippen LogP contribution in [0.15, 0.2) is 18.3 Å². The summed E-state index contributed by atoms with van der Waals surface area (Å²) >= 11 is 1.99. The molecule has 3 nitrogen and oxygen atoms in total. The second-order valence-corrected chi connectivity index (χ2v) is 5.14. The van der Waals surface area contributed by atoms with Crippen LogP contribution in [0.1, 0.15) is 23.7 Å². The summed E-state index contributed by atoms with van der Waals surface area (Å²) in [5, 5.41) is 0. The Morgan fingerprint density at radius 2 is 2.31 bits per heavy atom. The highest BCUT2D eigenvalue weighted by molar-refractivity contribution is 7.99. The van der Waals surface area contributed by atoms with Gasteiger partial charge in [0.1, 0.15) is 5.82 Å². The van der Waals surface area contributed by atoms with Crippen molar-refractivity contribution >= 4 is 23.4 Å². The fourth-order valence-corrected chi connectivity index (χ4v) is 2.67. The molecule has 1 aromatic rings. The van der Waals surface area contributed by atoms with Crippen LogP contribution < -0.4 is 4.90 Å². The van der Waals surface area contributed by atoms with Gasteiger partial charge in [0, 0.05) is 30.6 Å². The van der Waals surface area contributed by atoms with Crippen molar-refractivity contribution in [3.63, 3.8) is 0 Å². The molecule has 86 valence electrons. The Bertz CT molecular complexity index is 373. The monoisotopic (exact) mass is 236 g/mol. The normalized spacial score (nSPS) is 16.9. The molecule has 0 unspecified atom stereocenters. The molecule has 2 heterocycles. The van der Waals surface area contributed by atoms with E-state index in [1.165, 1.54) is 12.2 Å². The Morgan fingerprint density at radius 3 is 3.12 bits per heavy atom. The summed E-state index contributed by atoms with van der Waals surface area (Å²) < 4.78 is 0. The number of hydrogen-bond acceptors (Lipinski definition) is 4. The number of Topliss-reactive ketones (excluding diaryl/α,β-unsaturated/α-hetero) is 1. The van der Waals surface area contributed by atoms with Crippen LogP contribution in [0.2, 0.25) is 0 Å². The van der Waals surface area contributed by atoms with Crippen LogP contribution in [0.3, 0.4) is 0 Å². The minimum Gasteiger partial charge on any atom is -0.356 e. The van der Waals surface area contributed by atoms with Gasteiger partial charge in [-0.15, -0.1) is 0 Å². The lowest BCUT2D eigenvalue weighted by molar-refractivity contribution is 0.101. The van der Waals surface area contributed by atoms with Crippen LogP contribution in [0.4, 0.5) is 5.82 Å². The number of carbonyl (C=O) groups excluding carboxylic acids is 1. The van der Waals surface area contributed by atoms with E-state index in [2.05, 4.69) is 9.88 Å². The molecule has 0 N–H and O–H groups in total. The molecule has 0 aromatic carbocycles. The van der Waals surface area contributed by atoms with Crippen LogP contribution in [0.25, 0.3) is 0 Å². The van der Waals surface area contributed by atoms with E-state index in [1.54, 1.807) is 19.2 Å². The third-order valence-corrected chi connectivity index (χ3v) is 3.75. The van der Waals surface area contributed by atoms with E-state index in [4.69, 9.17) is 0 Å². The maximum Gasteiger partial charge on any atom is 0.159 e. The maximum absolute atomic E-state index is 11.3. The van der Waals surface area contributed by atoms with Gasteiger partial charge in [0.15, 0.2) is 5.78 Å². The van der Waals surface area contributed by atoms with Gasteiger partial charge in [-0.05, 0) is 31.2 Å². The fraction of sp³-hybridized carbons (Fsp3) is 0.500. The average molecular weight is 236 g/mol. The van der Waals surface area contributed by atoms with Gasteiger partial charge in [0.2, 0.25) is 0 Å². The molecule has 0 radical (unpaired) electrons. The molecule has 0 bridgehead atoms. The highest BCUT2D eigenvalue weighted by Gasteiger charge is 2.12. The van der Waals surface area contributed by atoms with Gasteiger partial charge >= 0.3 is 0 Å². The first-order valence-electron chi connectivity index (χ1n) is 5.57. The number of anilines is 1.